The number of aryl methyl sites for hydroxylation is 1. The van der Waals surface area contributed by atoms with Gasteiger partial charge in [-0.2, -0.15) is 0 Å². The van der Waals surface area contributed by atoms with Gasteiger partial charge in [-0.15, -0.1) is 5.10 Å². The van der Waals surface area contributed by atoms with E-state index >= 15 is 0 Å². The van der Waals surface area contributed by atoms with Gasteiger partial charge in [0, 0.05) is 10.6 Å². The third kappa shape index (κ3) is 3.76. The number of nitrogens with one attached hydrogen (secondary N) is 1. The minimum atomic E-state index is -0.236. The molecular weight excluding hydrogens is 312 g/mol. The monoisotopic (exact) mass is 326 g/mol. The van der Waals surface area contributed by atoms with Crippen molar-refractivity contribution >= 4 is 23.5 Å². The number of halogens is 1. The molecule has 3 aromatic rings. The molecule has 0 saturated heterocycles. The van der Waals surface area contributed by atoms with Crippen LogP contribution in [-0.2, 0) is 6.54 Å². The first kappa shape index (κ1) is 15.2. The molecule has 0 aliphatic heterocycles. The highest BCUT2D eigenvalue weighted by Crippen LogP contribution is 2.16. The molecule has 0 bridgehead atoms. The molecule has 0 unspecified atom stereocenters. The lowest BCUT2D eigenvalue weighted by molar-refractivity contribution is 0.102. The van der Waals surface area contributed by atoms with Crippen LogP contribution in [0.2, 0.25) is 5.02 Å². The van der Waals surface area contributed by atoms with Crippen molar-refractivity contribution in [3.63, 3.8) is 0 Å². The molecule has 0 aliphatic carbocycles. The summed E-state index contributed by atoms with van der Waals surface area (Å²) in [5.41, 5.74) is 2.61. The molecule has 1 amide bonds. The third-order valence-corrected chi connectivity index (χ3v) is 3.73. The number of hydrogen-bond donors (Lipinski definition) is 1. The van der Waals surface area contributed by atoms with Gasteiger partial charge in [0.15, 0.2) is 0 Å². The van der Waals surface area contributed by atoms with Crippen LogP contribution in [0.4, 0.5) is 5.95 Å². The number of anilines is 1. The second kappa shape index (κ2) is 6.62. The lowest BCUT2D eigenvalue weighted by atomic mass is 10.1. The van der Waals surface area contributed by atoms with Crippen LogP contribution in [0.3, 0.4) is 0 Å². The minimum absolute atomic E-state index is 0.236. The Balaban J connectivity index is 1.68. The number of benzene rings is 2. The quantitative estimate of drug-likeness (QED) is 0.797. The molecule has 2 aromatic carbocycles. The molecule has 0 fully saturated rings. The van der Waals surface area contributed by atoms with Crippen molar-refractivity contribution in [2.75, 3.05) is 5.32 Å². The summed E-state index contributed by atoms with van der Waals surface area (Å²) in [7, 11) is 0. The zero-order chi connectivity index (χ0) is 16.2. The fourth-order valence-corrected chi connectivity index (χ4v) is 2.30. The van der Waals surface area contributed by atoms with Crippen LogP contribution in [0, 0.1) is 6.92 Å². The number of carbonyl (C=O) groups excluding carboxylic acids is 1. The second-order valence-corrected chi connectivity index (χ2v) is 5.58. The van der Waals surface area contributed by atoms with Crippen molar-refractivity contribution in [1.82, 2.24) is 14.8 Å². The predicted molar refractivity (Wildman–Crippen MR) is 89.7 cm³/mol. The first-order chi connectivity index (χ1) is 11.1. The molecule has 23 heavy (non-hydrogen) atoms. The zero-order valence-electron chi connectivity index (χ0n) is 12.5. The van der Waals surface area contributed by atoms with Crippen molar-refractivity contribution in [3.05, 3.63) is 76.6 Å². The summed E-state index contributed by atoms with van der Waals surface area (Å²) in [6, 6.07) is 14.9. The molecule has 3 rings (SSSR count). The second-order valence-electron chi connectivity index (χ2n) is 5.18. The smallest absolute Gasteiger partial charge is 0.258 e. The molecule has 0 spiro atoms. The van der Waals surface area contributed by atoms with Crippen LogP contribution in [0.1, 0.15) is 21.5 Å². The van der Waals surface area contributed by atoms with Crippen LogP contribution in [0.25, 0.3) is 0 Å². The first-order valence-corrected chi connectivity index (χ1v) is 7.50. The normalized spacial score (nSPS) is 10.5. The van der Waals surface area contributed by atoms with Crippen LogP contribution in [-0.4, -0.2) is 20.7 Å². The average Bonchev–Trinajstić information content (AvgIpc) is 2.97. The number of hydrogen-bond acceptors (Lipinski definition) is 3. The molecule has 1 aromatic heterocycles. The highest BCUT2D eigenvalue weighted by molar-refractivity contribution is 6.31. The van der Waals surface area contributed by atoms with E-state index in [9.17, 15) is 4.79 Å². The Morgan fingerprint density at radius 1 is 1.17 bits per heavy atom. The zero-order valence-corrected chi connectivity index (χ0v) is 13.3. The van der Waals surface area contributed by atoms with Gasteiger partial charge in [-0.05, 0) is 30.7 Å². The van der Waals surface area contributed by atoms with E-state index < -0.39 is 0 Å². The van der Waals surface area contributed by atoms with E-state index in [1.165, 1.54) is 0 Å². The molecule has 0 saturated carbocycles. The largest absolute Gasteiger partial charge is 0.289 e. The van der Waals surface area contributed by atoms with E-state index in [1.54, 1.807) is 23.1 Å². The van der Waals surface area contributed by atoms with Gasteiger partial charge in [0.25, 0.3) is 5.91 Å². The van der Waals surface area contributed by atoms with Gasteiger partial charge < -0.3 is 0 Å². The summed E-state index contributed by atoms with van der Waals surface area (Å²) in [5.74, 6) is 0.0307. The van der Waals surface area contributed by atoms with Crippen LogP contribution in [0.5, 0.6) is 0 Å². The Hall–Kier alpha value is -2.66. The maximum Gasteiger partial charge on any atom is 0.258 e. The van der Waals surface area contributed by atoms with Gasteiger partial charge in [-0.3, -0.25) is 10.1 Å². The molecule has 6 heteroatoms. The molecule has 0 atom stereocenters. The Labute approximate surface area is 138 Å². The maximum absolute atomic E-state index is 12.1. The van der Waals surface area contributed by atoms with Crippen molar-refractivity contribution in [2.24, 2.45) is 0 Å². The Morgan fingerprint density at radius 2 is 1.91 bits per heavy atom. The van der Waals surface area contributed by atoms with Gasteiger partial charge in [-0.25, -0.2) is 9.67 Å². The lowest BCUT2D eigenvalue weighted by Crippen LogP contribution is -2.13. The number of rotatable bonds is 4. The van der Waals surface area contributed by atoms with Crippen LogP contribution < -0.4 is 5.32 Å². The standard InChI is InChI=1S/C17H15ClN4O/c1-12-6-8-13(9-7-12)16(23)20-17-19-11-22(21-17)10-14-4-2-3-5-15(14)18/h2-9,11H,10H2,1H3,(H,20,21,23). The molecular formula is C17H15ClN4O. The van der Waals surface area contributed by atoms with Crippen molar-refractivity contribution in [1.29, 1.82) is 0 Å². The number of carbonyl (C=O) groups is 1. The number of amides is 1. The first-order valence-electron chi connectivity index (χ1n) is 7.13. The Morgan fingerprint density at radius 3 is 2.65 bits per heavy atom. The lowest BCUT2D eigenvalue weighted by Gasteiger charge is -2.03. The SMILES string of the molecule is Cc1ccc(C(=O)Nc2ncn(Cc3ccccc3Cl)n2)cc1. The Kier molecular flexibility index (Phi) is 4.39. The number of aromatic nitrogens is 3. The van der Waals surface area contributed by atoms with E-state index in [2.05, 4.69) is 15.4 Å². The topological polar surface area (TPSA) is 59.8 Å². The highest BCUT2D eigenvalue weighted by Gasteiger charge is 2.09. The van der Waals surface area contributed by atoms with Crippen molar-refractivity contribution < 1.29 is 4.79 Å². The van der Waals surface area contributed by atoms with Gasteiger partial charge in [0.2, 0.25) is 5.95 Å². The molecule has 5 nitrogen and oxygen atoms in total. The molecule has 0 aliphatic rings. The van der Waals surface area contributed by atoms with Gasteiger partial charge >= 0.3 is 0 Å². The molecule has 1 heterocycles. The maximum atomic E-state index is 12.1. The fraction of sp³-hybridized carbons (Fsp3) is 0.118. The highest BCUT2D eigenvalue weighted by atomic mass is 35.5. The van der Waals surface area contributed by atoms with E-state index in [0.29, 0.717) is 17.1 Å². The summed E-state index contributed by atoms with van der Waals surface area (Å²) in [6.45, 7) is 2.46. The summed E-state index contributed by atoms with van der Waals surface area (Å²) in [6.07, 6.45) is 1.56. The third-order valence-electron chi connectivity index (χ3n) is 3.37. The molecule has 116 valence electrons. The summed E-state index contributed by atoms with van der Waals surface area (Å²) >= 11 is 6.13. The van der Waals surface area contributed by atoms with Crippen molar-refractivity contribution in [2.45, 2.75) is 13.5 Å². The van der Waals surface area contributed by atoms with Crippen LogP contribution >= 0.6 is 11.6 Å². The summed E-state index contributed by atoms with van der Waals surface area (Å²) < 4.78 is 1.63. The van der Waals surface area contributed by atoms with Crippen LogP contribution in [0.15, 0.2) is 54.9 Å². The van der Waals surface area contributed by atoms with E-state index in [1.807, 2.05) is 43.3 Å². The Bertz CT molecular complexity index is 827. The van der Waals surface area contributed by atoms with Gasteiger partial charge in [0.1, 0.15) is 6.33 Å². The average molecular weight is 327 g/mol. The van der Waals surface area contributed by atoms with E-state index in [-0.39, 0.29) is 11.9 Å². The predicted octanol–water partition coefficient (Wildman–Crippen LogP) is 3.54. The van der Waals surface area contributed by atoms with Gasteiger partial charge in [-0.1, -0.05) is 47.5 Å². The minimum Gasteiger partial charge on any atom is -0.289 e. The van der Waals surface area contributed by atoms with E-state index in [4.69, 9.17) is 11.6 Å². The summed E-state index contributed by atoms with van der Waals surface area (Å²) in [4.78, 5) is 16.2. The molecule has 1 N–H and O–H groups in total. The fourth-order valence-electron chi connectivity index (χ4n) is 2.11. The number of nitrogens with zero attached hydrogens (tertiary/aromatic N) is 3. The summed E-state index contributed by atoms with van der Waals surface area (Å²) in [5, 5.41) is 7.60. The van der Waals surface area contributed by atoms with E-state index in [0.717, 1.165) is 11.1 Å². The molecule has 0 radical (unpaired) electrons. The van der Waals surface area contributed by atoms with Gasteiger partial charge in [0.05, 0.1) is 6.54 Å². The van der Waals surface area contributed by atoms with Crippen molar-refractivity contribution in [3.8, 4) is 0 Å².